The Morgan fingerprint density at radius 1 is 1.43 bits per heavy atom. The minimum absolute atomic E-state index is 0.0408. The lowest BCUT2D eigenvalue weighted by Crippen LogP contribution is -2.28. The Morgan fingerprint density at radius 2 is 2.14 bits per heavy atom. The lowest BCUT2D eigenvalue weighted by atomic mass is 10.0. The number of aromatic carboxylic acids is 1. The van der Waals surface area contributed by atoms with Crippen LogP contribution in [0.2, 0.25) is 0 Å². The first-order chi connectivity index (χ1) is 9.93. The number of likely N-dealkylation sites (tertiary alicyclic amines) is 1. The molecule has 0 saturated carbocycles. The number of amides is 2. The smallest absolute Gasteiger partial charge is 0.337 e. The van der Waals surface area contributed by atoms with Crippen molar-refractivity contribution in [3.8, 4) is 0 Å². The van der Waals surface area contributed by atoms with Gasteiger partial charge in [-0.15, -0.1) is 0 Å². The standard InChI is InChI=1S/C15H18N2O4/c1-3-17-8-10(7-12(17)18)14(19)16-13-9(2)5-4-6-11(13)15(20)21/h4-6,10H,3,7-8H2,1-2H3,(H,16,19)(H,20,21). The van der Waals surface area contributed by atoms with E-state index in [0.29, 0.717) is 24.3 Å². The number of aryl methyl sites for hydroxylation is 1. The Balaban J connectivity index is 2.18. The highest BCUT2D eigenvalue weighted by Gasteiger charge is 2.33. The molecule has 1 heterocycles. The molecule has 1 fully saturated rings. The summed E-state index contributed by atoms with van der Waals surface area (Å²) in [5, 5.41) is 11.8. The summed E-state index contributed by atoms with van der Waals surface area (Å²) < 4.78 is 0. The number of hydrogen-bond donors (Lipinski definition) is 2. The van der Waals surface area contributed by atoms with E-state index >= 15 is 0 Å². The minimum atomic E-state index is -1.09. The molecule has 1 aromatic rings. The number of para-hydroxylation sites is 1. The van der Waals surface area contributed by atoms with Gasteiger partial charge in [-0.25, -0.2) is 4.79 Å². The van der Waals surface area contributed by atoms with Gasteiger partial charge < -0.3 is 15.3 Å². The Bertz CT molecular complexity index is 597. The molecule has 2 amide bonds. The average molecular weight is 290 g/mol. The van der Waals surface area contributed by atoms with E-state index in [1.54, 1.807) is 24.0 Å². The third-order valence-corrected chi connectivity index (χ3v) is 3.72. The molecule has 1 unspecified atom stereocenters. The van der Waals surface area contributed by atoms with E-state index in [1.165, 1.54) is 6.07 Å². The number of rotatable bonds is 4. The van der Waals surface area contributed by atoms with Crippen molar-refractivity contribution >= 4 is 23.5 Å². The van der Waals surface area contributed by atoms with Crippen LogP contribution in [-0.2, 0) is 9.59 Å². The van der Waals surface area contributed by atoms with Gasteiger partial charge in [-0.3, -0.25) is 9.59 Å². The molecule has 1 aliphatic rings. The third kappa shape index (κ3) is 3.04. The number of benzene rings is 1. The molecular weight excluding hydrogens is 272 g/mol. The monoisotopic (exact) mass is 290 g/mol. The molecule has 112 valence electrons. The van der Waals surface area contributed by atoms with Crippen molar-refractivity contribution in [3.05, 3.63) is 29.3 Å². The predicted octanol–water partition coefficient (Wildman–Crippen LogP) is 1.50. The van der Waals surface area contributed by atoms with Gasteiger partial charge in [0.2, 0.25) is 11.8 Å². The van der Waals surface area contributed by atoms with Gasteiger partial charge in [0.25, 0.3) is 0 Å². The van der Waals surface area contributed by atoms with Crippen molar-refractivity contribution in [2.24, 2.45) is 5.92 Å². The number of carbonyl (C=O) groups excluding carboxylic acids is 2. The molecule has 2 rings (SSSR count). The third-order valence-electron chi connectivity index (χ3n) is 3.72. The predicted molar refractivity (Wildman–Crippen MR) is 77.1 cm³/mol. The van der Waals surface area contributed by atoms with E-state index in [9.17, 15) is 19.5 Å². The molecule has 0 spiro atoms. The van der Waals surface area contributed by atoms with E-state index in [4.69, 9.17) is 0 Å². The largest absolute Gasteiger partial charge is 0.478 e. The minimum Gasteiger partial charge on any atom is -0.478 e. The molecule has 6 heteroatoms. The fraction of sp³-hybridized carbons (Fsp3) is 0.400. The normalized spacial score (nSPS) is 17.9. The molecule has 1 saturated heterocycles. The summed E-state index contributed by atoms with van der Waals surface area (Å²) in [5.74, 6) is -1.87. The van der Waals surface area contributed by atoms with Crippen molar-refractivity contribution in [1.82, 2.24) is 4.90 Å². The lowest BCUT2D eigenvalue weighted by molar-refractivity contribution is -0.128. The maximum atomic E-state index is 12.3. The van der Waals surface area contributed by atoms with Crippen LogP contribution in [0.4, 0.5) is 5.69 Å². The highest BCUT2D eigenvalue weighted by Crippen LogP contribution is 2.24. The van der Waals surface area contributed by atoms with Crippen LogP contribution in [0.15, 0.2) is 18.2 Å². The molecule has 1 aromatic carbocycles. The van der Waals surface area contributed by atoms with E-state index in [-0.39, 0.29) is 23.8 Å². The summed E-state index contributed by atoms with van der Waals surface area (Å²) in [6.45, 7) is 4.56. The number of hydrogen-bond acceptors (Lipinski definition) is 3. The maximum Gasteiger partial charge on any atom is 0.337 e. The summed E-state index contributed by atoms with van der Waals surface area (Å²) in [6.07, 6.45) is 0.175. The molecule has 0 aliphatic carbocycles. The molecule has 2 N–H and O–H groups in total. The fourth-order valence-electron chi connectivity index (χ4n) is 2.49. The van der Waals surface area contributed by atoms with E-state index in [1.807, 2.05) is 6.92 Å². The van der Waals surface area contributed by atoms with Crippen LogP contribution in [0.25, 0.3) is 0 Å². The van der Waals surface area contributed by atoms with Gasteiger partial charge in [-0.2, -0.15) is 0 Å². The lowest BCUT2D eigenvalue weighted by Gasteiger charge is -2.15. The summed E-state index contributed by atoms with van der Waals surface area (Å²) in [4.78, 5) is 36.8. The van der Waals surface area contributed by atoms with Crippen LogP contribution >= 0.6 is 0 Å². The summed E-state index contributed by atoms with van der Waals surface area (Å²) in [6, 6.07) is 4.82. The number of nitrogens with one attached hydrogen (secondary N) is 1. The summed E-state index contributed by atoms with van der Waals surface area (Å²) >= 11 is 0. The number of carboxylic acid groups (broad SMARTS) is 1. The second-order valence-corrected chi connectivity index (χ2v) is 5.13. The molecule has 0 radical (unpaired) electrons. The number of carboxylic acids is 1. The first-order valence-corrected chi connectivity index (χ1v) is 6.85. The van der Waals surface area contributed by atoms with Gasteiger partial charge >= 0.3 is 5.97 Å². The van der Waals surface area contributed by atoms with E-state index < -0.39 is 11.9 Å². The van der Waals surface area contributed by atoms with Crippen molar-refractivity contribution in [3.63, 3.8) is 0 Å². The topological polar surface area (TPSA) is 86.7 Å². The van der Waals surface area contributed by atoms with Gasteiger partial charge in [0.15, 0.2) is 0 Å². The number of nitrogens with zero attached hydrogens (tertiary/aromatic N) is 1. The highest BCUT2D eigenvalue weighted by atomic mass is 16.4. The zero-order valence-electron chi connectivity index (χ0n) is 12.0. The molecule has 1 aliphatic heterocycles. The zero-order valence-corrected chi connectivity index (χ0v) is 12.0. The maximum absolute atomic E-state index is 12.3. The average Bonchev–Trinajstić information content (AvgIpc) is 2.82. The van der Waals surface area contributed by atoms with Crippen LogP contribution in [0, 0.1) is 12.8 Å². The van der Waals surface area contributed by atoms with Crippen LogP contribution in [0.3, 0.4) is 0 Å². The number of carbonyl (C=O) groups is 3. The van der Waals surface area contributed by atoms with Crippen LogP contribution in [0.1, 0.15) is 29.3 Å². The molecule has 0 bridgehead atoms. The van der Waals surface area contributed by atoms with Crippen molar-refractivity contribution in [2.75, 3.05) is 18.4 Å². The number of anilines is 1. The van der Waals surface area contributed by atoms with Gasteiger partial charge in [0, 0.05) is 19.5 Å². The SMILES string of the molecule is CCN1CC(C(=O)Nc2c(C)cccc2C(=O)O)CC1=O. The Hall–Kier alpha value is -2.37. The first-order valence-electron chi connectivity index (χ1n) is 6.85. The molecule has 6 nitrogen and oxygen atoms in total. The fourth-order valence-corrected chi connectivity index (χ4v) is 2.49. The van der Waals surface area contributed by atoms with Crippen molar-refractivity contribution < 1.29 is 19.5 Å². The van der Waals surface area contributed by atoms with Gasteiger partial charge in [0.05, 0.1) is 17.2 Å². The Morgan fingerprint density at radius 3 is 2.71 bits per heavy atom. The van der Waals surface area contributed by atoms with Crippen LogP contribution < -0.4 is 5.32 Å². The highest BCUT2D eigenvalue weighted by molar-refractivity contribution is 6.03. The Labute approximate surface area is 122 Å². The molecular formula is C15H18N2O4. The summed E-state index contributed by atoms with van der Waals surface area (Å²) in [5.41, 5.74) is 1.04. The van der Waals surface area contributed by atoms with Crippen LogP contribution in [-0.4, -0.2) is 40.9 Å². The second-order valence-electron chi connectivity index (χ2n) is 5.13. The zero-order chi connectivity index (χ0) is 15.6. The summed E-state index contributed by atoms with van der Waals surface area (Å²) in [7, 11) is 0. The van der Waals surface area contributed by atoms with Gasteiger partial charge in [-0.05, 0) is 25.5 Å². The van der Waals surface area contributed by atoms with Crippen molar-refractivity contribution in [1.29, 1.82) is 0 Å². The van der Waals surface area contributed by atoms with Gasteiger partial charge in [0.1, 0.15) is 0 Å². The van der Waals surface area contributed by atoms with E-state index in [2.05, 4.69) is 5.32 Å². The molecule has 1 atom stereocenters. The molecule has 0 aromatic heterocycles. The first kappa shape index (κ1) is 15.0. The molecule has 21 heavy (non-hydrogen) atoms. The van der Waals surface area contributed by atoms with Gasteiger partial charge in [-0.1, -0.05) is 12.1 Å². The van der Waals surface area contributed by atoms with Crippen LogP contribution in [0.5, 0.6) is 0 Å². The second kappa shape index (κ2) is 5.95. The van der Waals surface area contributed by atoms with E-state index in [0.717, 1.165) is 0 Å². The quantitative estimate of drug-likeness (QED) is 0.879. The van der Waals surface area contributed by atoms with Crippen molar-refractivity contribution in [2.45, 2.75) is 20.3 Å². The Kier molecular flexibility index (Phi) is 4.26.